The normalized spacial score (nSPS) is 16.5. The molecule has 15 nitrogen and oxygen atoms in total. The predicted octanol–water partition coefficient (Wildman–Crippen LogP) is 7.13. The van der Waals surface area contributed by atoms with Crippen LogP contribution in [0.15, 0.2) is 67.1 Å². The Labute approximate surface area is 383 Å². The lowest BCUT2D eigenvalue weighted by molar-refractivity contribution is -0.145. The molecule has 8 rings (SSSR count). The van der Waals surface area contributed by atoms with Crippen LogP contribution in [0.4, 0.5) is 11.5 Å². The zero-order valence-corrected chi connectivity index (χ0v) is 38.0. The molecule has 0 saturated carbocycles. The number of piperidine rings is 1. The molecule has 0 aliphatic carbocycles. The van der Waals surface area contributed by atoms with Crippen molar-refractivity contribution in [2.75, 3.05) is 76.7 Å². The molecule has 1 atom stereocenters. The van der Waals surface area contributed by atoms with E-state index in [4.69, 9.17) is 38.3 Å². The number of aromatic amines is 1. The molecule has 6 heterocycles. The Bertz CT molecular complexity index is 2470. The number of hydrogen-bond acceptors (Lipinski definition) is 11. The highest BCUT2D eigenvalue weighted by molar-refractivity contribution is 6.35. The third kappa shape index (κ3) is 9.81. The Morgan fingerprint density at radius 3 is 2.48 bits per heavy atom. The number of ether oxygens (including phenoxy) is 1. The number of carbonyl (C=O) groups is 3. The highest BCUT2D eigenvalue weighted by Gasteiger charge is 2.53. The van der Waals surface area contributed by atoms with Gasteiger partial charge in [0, 0.05) is 111 Å². The lowest BCUT2D eigenvalue weighted by Gasteiger charge is -2.60. The predicted molar refractivity (Wildman–Crippen MR) is 250 cm³/mol. The van der Waals surface area contributed by atoms with Crippen LogP contribution in [0.3, 0.4) is 0 Å². The number of aromatic nitrogens is 4. The first kappa shape index (κ1) is 44.8. The largest absolute Gasteiger partial charge is 0.486 e. The van der Waals surface area contributed by atoms with Gasteiger partial charge in [-0.25, -0.2) is 4.98 Å². The molecular weight excluding hydrogens is 853 g/mol. The summed E-state index contributed by atoms with van der Waals surface area (Å²) >= 11 is 12.7. The molecule has 5 aromatic rings. The Kier molecular flexibility index (Phi) is 13.7. The van der Waals surface area contributed by atoms with Crippen molar-refractivity contribution >= 4 is 69.7 Å². The number of anilines is 2. The summed E-state index contributed by atoms with van der Waals surface area (Å²) in [6, 6.07) is 16.1. The summed E-state index contributed by atoms with van der Waals surface area (Å²) in [5.74, 6) is 2.25. The van der Waals surface area contributed by atoms with Crippen LogP contribution >= 0.6 is 23.2 Å². The highest BCUT2D eigenvalue weighted by atomic mass is 35.5. The summed E-state index contributed by atoms with van der Waals surface area (Å²) in [6.07, 6.45) is 9.74. The molecule has 3 aromatic heterocycles. The number of likely N-dealkylation sites (tertiary alicyclic amines) is 2. The van der Waals surface area contributed by atoms with E-state index >= 15 is 0 Å². The minimum Gasteiger partial charge on any atom is -0.486 e. The number of nitrogens with one attached hydrogen (secondary N) is 4. The summed E-state index contributed by atoms with van der Waals surface area (Å²) in [5.41, 5.74) is 6.34. The van der Waals surface area contributed by atoms with Gasteiger partial charge >= 0.3 is 0 Å². The minimum absolute atomic E-state index is 0.130. The van der Waals surface area contributed by atoms with E-state index in [-0.39, 0.29) is 29.8 Å². The van der Waals surface area contributed by atoms with Gasteiger partial charge in [0.05, 0.1) is 15.6 Å². The lowest BCUT2D eigenvalue weighted by atomic mass is 9.72. The molecule has 17 heteroatoms. The third-order valence-electron chi connectivity index (χ3n) is 13.0. The van der Waals surface area contributed by atoms with E-state index in [0.717, 1.165) is 111 Å². The SMILES string of the molecule is CNc1cc(C2CCN(CCCCC(=O)N3CC4(C3)CN(c3ccc(-c5n[nH]c6ccc(O[C@H](C)c7c(Cl)cncc7Cl)cc56)cn3)C4)CC2)ccc1C(=N)N(C)CCC(=O)NC=O. The zero-order chi connectivity index (χ0) is 45.0. The zero-order valence-electron chi connectivity index (χ0n) is 36.5. The number of benzene rings is 2. The van der Waals surface area contributed by atoms with Crippen LogP contribution in [-0.2, 0) is 14.4 Å². The summed E-state index contributed by atoms with van der Waals surface area (Å²) < 4.78 is 6.25. The van der Waals surface area contributed by atoms with Gasteiger partial charge in [0.25, 0.3) is 0 Å². The molecule has 3 fully saturated rings. The summed E-state index contributed by atoms with van der Waals surface area (Å²) in [4.78, 5) is 52.7. The maximum atomic E-state index is 13.1. The fraction of sp³-hybridized carbons (Fsp3) is 0.426. The van der Waals surface area contributed by atoms with Crippen molar-refractivity contribution in [1.29, 1.82) is 5.41 Å². The first-order valence-corrected chi connectivity index (χ1v) is 22.7. The Morgan fingerprint density at radius 1 is 1.02 bits per heavy atom. The number of amidine groups is 1. The van der Waals surface area contributed by atoms with Crippen LogP contribution in [0.1, 0.15) is 74.2 Å². The summed E-state index contributed by atoms with van der Waals surface area (Å²) in [7, 11) is 3.64. The van der Waals surface area contributed by atoms with Gasteiger partial charge in [0.15, 0.2) is 0 Å². The first-order valence-electron chi connectivity index (χ1n) is 21.9. The van der Waals surface area contributed by atoms with E-state index in [1.165, 1.54) is 5.56 Å². The second-order valence-electron chi connectivity index (χ2n) is 17.4. The Morgan fingerprint density at radius 2 is 1.78 bits per heavy atom. The van der Waals surface area contributed by atoms with Gasteiger partial charge in [-0.15, -0.1) is 0 Å². The second kappa shape index (κ2) is 19.5. The number of fused-ring (bicyclic) bond motifs is 1. The van der Waals surface area contributed by atoms with Crippen LogP contribution in [0.2, 0.25) is 10.0 Å². The maximum absolute atomic E-state index is 13.1. The lowest BCUT2D eigenvalue weighted by Crippen LogP contribution is -2.73. The van der Waals surface area contributed by atoms with Crippen molar-refractivity contribution in [2.24, 2.45) is 5.41 Å². The Balaban J connectivity index is 0.736. The molecule has 3 saturated heterocycles. The van der Waals surface area contributed by atoms with E-state index in [2.05, 4.69) is 53.8 Å². The second-order valence-corrected chi connectivity index (χ2v) is 18.2. The summed E-state index contributed by atoms with van der Waals surface area (Å²) in [5, 5.41) is 23.6. The molecular formula is C47H55Cl2N11O4. The van der Waals surface area contributed by atoms with Gasteiger partial charge in [-0.05, 0) is 106 Å². The molecule has 3 aliphatic rings. The topological polar surface area (TPSA) is 176 Å². The van der Waals surface area contributed by atoms with Crippen molar-refractivity contribution in [3.63, 3.8) is 0 Å². The van der Waals surface area contributed by atoms with E-state index in [0.29, 0.717) is 52.5 Å². The number of imide groups is 1. The third-order valence-corrected chi connectivity index (χ3v) is 13.6. The Hall–Kier alpha value is -5.77. The van der Waals surface area contributed by atoms with Crippen LogP contribution < -0.4 is 20.3 Å². The van der Waals surface area contributed by atoms with Crippen molar-refractivity contribution in [1.82, 2.24) is 40.2 Å². The molecule has 0 bridgehead atoms. The van der Waals surface area contributed by atoms with E-state index in [1.807, 2.05) is 55.4 Å². The van der Waals surface area contributed by atoms with Crippen LogP contribution in [0, 0.1) is 10.8 Å². The number of rotatable bonds is 17. The monoisotopic (exact) mass is 907 g/mol. The number of H-pyrrole nitrogens is 1. The van der Waals surface area contributed by atoms with Crippen molar-refractivity contribution in [3.05, 3.63) is 93.9 Å². The standard InChI is InChI=1S/C47H55Cl2N11O4/c1-30(44-37(48)23-52-24-38(44)49)64-34-9-11-39-36(21-34)45(56-55-39)33-8-12-41(53-22-33)59-25-47(26-59)27-60(28-47)43(63)6-4-5-16-58-18-13-31(14-19-58)32-7-10-35(40(20-32)51-2)46(50)57(3)17-15-42(62)54-29-61/h7-12,20-24,29-31,50-51H,4-6,13-19,25-28H2,1-3H3,(H,55,56)(H,54,61,62)/t30-/m1/s1. The maximum Gasteiger partial charge on any atom is 0.228 e. The fourth-order valence-corrected chi connectivity index (χ4v) is 10.0. The van der Waals surface area contributed by atoms with Crippen molar-refractivity contribution in [2.45, 2.75) is 57.5 Å². The van der Waals surface area contributed by atoms with Crippen molar-refractivity contribution in [3.8, 4) is 17.0 Å². The van der Waals surface area contributed by atoms with Gasteiger partial charge in [0.1, 0.15) is 29.2 Å². The molecule has 1 spiro atoms. The highest BCUT2D eigenvalue weighted by Crippen LogP contribution is 2.42. The van der Waals surface area contributed by atoms with Gasteiger partial charge in [-0.3, -0.25) is 35.2 Å². The number of unbranched alkanes of at least 4 members (excludes halogenated alkanes) is 1. The molecule has 3 amide bonds. The fourth-order valence-electron chi connectivity index (χ4n) is 9.35. The van der Waals surface area contributed by atoms with Crippen LogP contribution in [-0.4, -0.2) is 125 Å². The summed E-state index contributed by atoms with van der Waals surface area (Å²) in [6.45, 7) is 8.69. The quantitative estimate of drug-likeness (QED) is 0.0324. The number of hydrogen-bond donors (Lipinski definition) is 4. The number of halogens is 2. The smallest absolute Gasteiger partial charge is 0.228 e. The minimum atomic E-state index is -0.388. The molecule has 336 valence electrons. The number of nitrogens with zero attached hydrogens (tertiary/aromatic N) is 7. The van der Waals surface area contributed by atoms with Gasteiger partial charge in [-0.1, -0.05) is 29.3 Å². The van der Waals surface area contributed by atoms with Gasteiger partial charge in [0.2, 0.25) is 18.2 Å². The van der Waals surface area contributed by atoms with Crippen molar-refractivity contribution < 1.29 is 19.1 Å². The molecule has 4 N–H and O–H groups in total. The molecule has 64 heavy (non-hydrogen) atoms. The number of amides is 3. The van der Waals surface area contributed by atoms with Gasteiger partial charge in [-0.2, -0.15) is 5.10 Å². The van der Waals surface area contributed by atoms with Crippen LogP contribution in [0.25, 0.3) is 22.2 Å². The molecule has 0 radical (unpaired) electrons. The van der Waals surface area contributed by atoms with E-state index in [1.54, 1.807) is 24.3 Å². The van der Waals surface area contributed by atoms with E-state index < -0.39 is 0 Å². The number of pyridine rings is 2. The molecule has 2 aromatic carbocycles. The average molecular weight is 909 g/mol. The first-order chi connectivity index (χ1) is 30.9. The average Bonchev–Trinajstić information content (AvgIpc) is 3.69. The van der Waals surface area contributed by atoms with Crippen LogP contribution in [0.5, 0.6) is 5.75 Å². The molecule has 3 aliphatic heterocycles. The van der Waals surface area contributed by atoms with E-state index in [9.17, 15) is 14.4 Å². The van der Waals surface area contributed by atoms with Gasteiger partial charge < -0.3 is 29.7 Å². The molecule has 0 unspecified atom stereocenters. The number of carbonyl (C=O) groups excluding carboxylic acids is 3.